The molecule has 2 atom stereocenters. The number of aryl methyl sites for hydroxylation is 1. The predicted molar refractivity (Wildman–Crippen MR) is 79.6 cm³/mol. The van der Waals surface area contributed by atoms with Gasteiger partial charge in [0.1, 0.15) is 0 Å². The summed E-state index contributed by atoms with van der Waals surface area (Å²) in [5.74, 6) is 0. The number of nitrogens with two attached hydrogens (primary N) is 1. The summed E-state index contributed by atoms with van der Waals surface area (Å²) in [5.41, 5.74) is 9.68. The lowest BCUT2D eigenvalue weighted by Crippen LogP contribution is -2.32. The molecule has 4 heteroatoms. The third kappa shape index (κ3) is 2.82. The normalized spacial score (nSPS) is 14.4. The molecule has 2 aromatic rings. The summed E-state index contributed by atoms with van der Waals surface area (Å²) < 4.78 is 2.16. The number of hydrogen-bond donors (Lipinski definition) is 1. The second-order valence-electron chi connectivity index (χ2n) is 4.89. The summed E-state index contributed by atoms with van der Waals surface area (Å²) in [5, 5.41) is 0.742. The van der Waals surface area contributed by atoms with E-state index in [1.165, 1.54) is 5.56 Å². The van der Waals surface area contributed by atoms with E-state index in [9.17, 15) is 0 Å². The van der Waals surface area contributed by atoms with E-state index in [4.69, 9.17) is 17.3 Å². The van der Waals surface area contributed by atoms with Crippen LogP contribution in [-0.2, 0) is 0 Å². The molecule has 3 nitrogen and oxygen atoms in total. The van der Waals surface area contributed by atoms with Crippen molar-refractivity contribution in [1.29, 1.82) is 0 Å². The first-order valence-corrected chi connectivity index (χ1v) is 6.93. The average Bonchev–Trinajstić information content (AvgIpc) is 2.73. The number of halogens is 1. The van der Waals surface area contributed by atoms with Gasteiger partial charge in [-0.05, 0) is 38.0 Å². The zero-order chi connectivity index (χ0) is 14.0. The number of hydrogen-bond acceptors (Lipinski definition) is 2. The molecule has 0 aliphatic carbocycles. The van der Waals surface area contributed by atoms with Crippen molar-refractivity contribution in [2.24, 2.45) is 5.73 Å². The van der Waals surface area contributed by atoms with Gasteiger partial charge in [-0.2, -0.15) is 0 Å². The predicted octanol–water partition coefficient (Wildman–Crippen LogP) is 3.48. The third-order valence-corrected chi connectivity index (χ3v) is 3.93. The van der Waals surface area contributed by atoms with Gasteiger partial charge in [0.15, 0.2) is 0 Å². The van der Waals surface area contributed by atoms with Crippen LogP contribution in [0.4, 0.5) is 0 Å². The number of rotatable bonds is 4. The molecule has 0 aliphatic heterocycles. The van der Waals surface area contributed by atoms with Crippen LogP contribution < -0.4 is 5.73 Å². The summed E-state index contributed by atoms with van der Waals surface area (Å²) in [4.78, 5) is 4.38. The van der Waals surface area contributed by atoms with Crippen molar-refractivity contribution >= 4 is 11.6 Å². The van der Waals surface area contributed by atoms with Crippen LogP contribution in [0.5, 0.6) is 0 Å². The van der Waals surface area contributed by atoms with Gasteiger partial charge in [0, 0.05) is 16.8 Å². The zero-order valence-electron chi connectivity index (χ0n) is 11.6. The Balaban J connectivity index is 2.47. The van der Waals surface area contributed by atoms with Gasteiger partial charge < -0.3 is 10.3 Å². The van der Waals surface area contributed by atoms with Crippen LogP contribution >= 0.6 is 11.6 Å². The van der Waals surface area contributed by atoms with Crippen LogP contribution in [-0.4, -0.2) is 15.6 Å². The molecular weight excluding hydrogens is 258 g/mol. The number of benzene rings is 1. The molecule has 0 saturated heterocycles. The van der Waals surface area contributed by atoms with Gasteiger partial charge in [-0.25, -0.2) is 4.98 Å². The Hall–Kier alpha value is -1.32. The highest BCUT2D eigenvalue weighted by molar-refractivity contribution is 6.30. The molecule has 0 bridgehead atoms. The van der Waals surface area contributed by atoms with E-state index in [0.29, 0.717) is 0 Å². The van der Waals surface area contributed by atoms with E-state index >= 15 is 0 Å². The lowest BCUT2D eigenvalue weighted by atomic mass is 9.97. The highest BCUT2D eigenvalue weighted by Crippen LogP contribution is 2.26. The van der Waals surface area contributed by atoms with Crippen LogP contribution in [0.25, 0.3) is 0 Å². The lowest BCUT2D eigenvalue weighted by Gasteiger charge is -2.26. The van der Waals surface area contributed by atoms with Crippen molar-refractivity contribution in [3.8, 4) is 0 Å². The molecule has 19 heavy (non-hydrogen) atoms. The van der Waals surface area contributed by atoms with E-state index in [1.807, 2.05) is 37.5 Å². The molecule has 0 saturated carbocycles. The molecule has 1 aromatic carbocycles. The smallest absolute Gasteiger partial charge is 0.0957 e. The zero-order valence-corrected chi connectivity index (χ0v) is 12.4. The van der Waals surface area contributed by atoms with Gasteiger partial charge in [-0.15, -0.1) is 0 Å². The highest BCUT2D eigenvalue weighted by Gasteiger charge is 2.22. The SMILES string of the molecule is CCC(N)C(c1ccc(Cl)cc1)n1cnc(C)c1C. The summed E-state index contributed by atoms with van der Waals surface area (Å²) in [6.07, 6.45) is 2.78. The van der Waals surface area contributed by atoms with Gasteiger partial charge in [0.2, 0.25) is 0 Å². The molecule has 2 rings (SSSR count). The fraction of sp³-hybridized carbons (Fsp3) is 0.400. The molecular formula is C15H20ClN3. The Morgan fingerprint density at radius 2 is 1.89 bits per heavy atom. The maximum atomic E-state index is 6.32. The molecule has 0 amide bonds. The minimum atomic E-state index is 0.0495. The lowest BCUT2D eigenvalue weighted by molar-refractivity contribution is 0.452. The van der Waals surface area contributed by atoms with E-state index in [0.717, 1.165) is 22.8 Å². The van der Waals surface area contributed by atoms with Gasteiger partial charge in [-0.1, -0.05) is 30.7 Å². The van der Waals surface area contributed by atoms with Gasteiger partial charge >= 0.3 is 0 Å². The fourth-order valence-corrected chi connectivity index (χ4v) is 2.42. The minimum Gasteiger partial charge on any atom is -0.326 e. The number of imidazole rings is 1. The van der Waals surface area contributed by atoms with Crippen molar-refractivity contribution in [3.63, 3.8) is 0 Å². The summed E-state index contributed by atoms with van der Waals surface area (Å²) in [6, 6.07) is 8.04. The number of nitrogens with zero attached hydrogens (tertiary/aromatic N) is 2. The van der Waals surface area contributed by atoms with E-state index in [-0.39, 0.29) is 12.1 Å². The average molecular weight is 278 g/mol. The van der Waals surface area contributed by atoms with Crippen LogP contribution in [0.15, 0.2) is 30.6 Å². The topological polar surface area (TPSA) is 43.8 Å². The Morgan fingerprint density at radius 3 is 2.37 bits per heavy atom. The van der Waals surface area contributed by atoms with E-state index < -0.39 is 0 Å². The Bertz CT molecular complexity index is 545. The molecule has 2 unspecified atom stereocenters. The monoisotopic (exact) mass is 277 g/mol. The fourth-order valence-electron chi connectivity index (χ4n) is 2.29. The van der Waals surface area contributed by atoms with E-state index in [1.54, 1.807) is 0 Å². The van der Waals surface area contributed by atoms with Gasteiger partial charge in [0.05, 0.1) is 18.1 Å². The highest BCUT2D eigenvalue weighted by atomic mass is 35.5. The van der Waals surface area contributed by atoms with Gasteiger partial charge in [0.25, 0.3) is 0 Å². The molecule has 0 fully saturated rings. The Morgan fingerprint density at radius 1 is 1.26 bits per heavy atom. The first kappa shape index (κ1) is 14.1. The maximum Gasteiger partial charge on any atom is 0.0957 e. The maximum absolute atomic E-state index is 6.32. The standard InChI is InChI=1S/C15H20ClN3/c1-4-14(17)15(12-5-7-13(16)8-6-12)19-9-18-10(2)11(19)3/h5-9,14-15H,4,17H2,1-3H3. The molecule has 2 N–H and O–H groups in total. The second kappa shape index (κ2) is 5.76. The van der Waals surface area contributed by atoms with Crippen LogP contribution in [0.1, 0.15) is 36.3 Å². The first-order valence-electron chi connectivity index (χ1n) is 6.55. The second-order valence-corrected chi connectivity index (χ2v) is 5.33. The number of aromatic nitrogens is 2. The van der Waals surface area contributed by atoms with Crippen molar-refractivity contribution in [2.45, 2.75) is 39.3 Å². The molecule has 1 heterocycles. The summed E-state index contributed by atoms with van der Waals surface area (Å²) in [6.45, 7) is 6.20. The van der Waals surface area contributed by atoms with Crippen LogP contribution in [0.3, 0.4) is 0 Å². The van der Waals surface area contributed by atoms with Crippen LogP contribution in [0, 0.1) is 13.8 Å². The first-order chi connectivity index (χ1) is 9.04. The molecule has 0 spiro atoms. The van der Waals surface area contributed by atoms with E-state index in [2.05, 4.69) is 23.4 Å². The molecule has 0 aliphatic rings. The van der Waals surface area contributed by atoms with Crippen LogP contribution in [0.2, 0.25) is 5.02 Å². The third-order valence-electron chi connectivity index (χ3n) is 3.67. The van der Waals surface area contributed by atoms with Crippen molar-refractivity contribution < 1.29 is 0 Å². The molecule has 102 valence electrons. The van der Waals surface area contributed by atoms with Crippen molar-refractivity contribution in [1.82, 2.24) is 9.55 Å². The van der Waals surface area contributed by atoms with Crippen molar-refractivity contribution in [2.75, 3.05) is 0 Å². The summed E-state index contributed by atoms with van der Waals surface area (Å²) >= 11 is 5.96. The van der Waals surface area contributed by atoms with Gasteiger partial charge in [-0.3, -0.25) is 0 Å². The van der Waals surface area contributed by atoms with Crippen molar-refractivity contribution in [3.05, 3.63) is 52.6 Å². The molecule has 1 aromatic heterocycles. The Labute approximate surface area is 119 Å². The largest absolute Gasteiger partial charge is 0.326 e. The quantitative estimate of drug-likeness (QED) is 0.930. The summed E-state index contributed by atoms with van der Waals surface area (Å²) in [7, 11) is 0. The minimum absolute atomic E-state index is 0.0495. The molecule has 0 radical (unpaired) electrons. The Kier molecular flexibility index (Phi) is 4.27.